The standard InChI is InChI=1S/C27H37N2O6PS.2Li/c28-17-9-7-16-25(35-36(33,34)18-10-8-13-21-11-3-1-4-12-21)26(30)29-20-23(19-24(29)27(31)32)37-22-14-5-2-6-15-22;;/h1-6,11-12,14-15,23-25H,7-10,13,16-20,28H2,(H,31,32)(H,33,34);;/q;2*+1/p-2/t23-,24+,25+;;/m1../s1. The molecular weight excluding hydrogens is 525 g/mol. The summed E-state index contributed by atoms with van der Waals surface area (Å²) in [5.41, 5.74) is 6.71. The second kappa shape index (κ2) is 18.5. The number of aliphatic carboxylic acids is 1. The van der Waals surface area contributed by atoms with E-state index in [0.717, 1.165) is 16.9 Å². The monoisotopic (exact) mass is 560 g/mol. The first-order valence-electron chi connectivity index (χ1n) is 12.7. The van der Waals surface area contributed by atoms with Crippen molar-refractivity contribution in [3.05, 3.63) is 66.2 Å². The third kappa shape index (κ3) is 12.2. The molecule has 4 atom stereocenters. The number of rotatable bonds is 15. The predicted molar refractivity (Wildman–Crippen MR) is 141 cm³/mol. The molecule has 2 aromatic rings. The molecule has 202 valence electrons. The minimum absolute atomic E-state index is 0. The number of benzene rings is 2. The van der Waals surface area contributed by atoms with Crippen molar-refractivity contribution in [2.75, 3.05) is 19.3 Å². The number of hydrogen-bond donors (Lipinski definition) is 1. The average molecular weight is 561 g/mol. The fourth-order valence-electron chi connectivity index (χ4n) is 4.45. The van der Waals surface area contributed by atoms with Gasteiger partial charge in [0.25, 0.3) is 5.91 Å². The fourth-order valence-corrected chi connectivity index (χ4v) is 6.96. The molecule has 0 spiro atoms. The summed E-state index contributed by atoms with van der Waals surface area (Å²) in [6, 6.07) is 18.2. The first kappa shape index (κ1) is 36.1. The van der Waals surface area contributed by atoms with Crippen LogP contribution in [0, 0.1) is 0 Å². The van der Waals surface area contributed by atoms with Crippen molar-refractivity contribution in [2.24, 2.45) is 5.73 Å². The van der Waals surface area contributed by atoms with E-state index >= 15 is 0 Å². The van der Waals surface area contributed by atoms with Gasteiger partial charge in [0.15, 0.2) is 0 Å². The molecule has 0 radical (unpaired) electrons. The van der Waals surface area contributed by atoms with Crippen LogP contribution in [-0.2, 0) is 25.1 Å². The Balaban J connectivity index is 0.00000380. The van der Waals surface area contributed by atoms with Gasteiger partial charge in [0.2, 0.25) is 0 Å². The SMILES string of the molecule is NCCCC[C@H](OP(=O)([O-])CCCCc1ccccc1)C(=O)N1C[C@H](Sc2ccccc2)C[C@H]1C(=O)[O-].[Li+].[Li+]. The summed E-state index contributed by atoms with van der Waals surface area (Å²) in [5.74, 6) is -1.97. The minimum Gasteiger partial charge on any atom is -0.778 e. The summed E-state index contributed by atoms with van der Waals surface area (Å²) < 4.78 is 18.2. The van der Waals surface area contributed by atoms with Gasteiger partial charge >= 0.3 is 37.7 Å². The van der Waals surface area contributed by atoms with E-state index in [4.69, 9.17) is 10.3 Å². The van der Waals surface area contributed by atoms with Gasteiger partial charge in [0.05, 0.1) is 12.0 Å². The number of carboxylic acid groups (broad SMARTS) is 1. The fraction of sp³-hybridized carbons (Fsp3) is 0.481. The normalized spacial score (nSPS) is 18.9. The van der Waals surface area contributed by atoms with Gasteiger partial charge in [-0.05, 0) is 69.2 Å². The van der Waals surface area contributed by atoms with Crippen LogP contribution in [0.25, 0.3) is 0 Å². The zero-order valence-electron chi connectivity index (χ0n) is 22.9. The molecule has 0 aliphatic carbocycles. The summed E-state index contributed by atoms with van der Waals surface area (Å²) in [6.45, 7) is 0.574. The minimum atomic E-state index is -4.32. The van der Waals surface area contributed by atoms with Crippen LogP contribution in [0.15, 0.2) is 65.6 Å². The van der Waals surface area contributed by atoms with Gasteiger partial charge < -0.3 is 34.5 Å². The zero-order valence-corrected chi connectivity index (χ0v) is 24.6. The zero-order chi connectivity index (χ0) is 26.7. The Kier molecular flexibility index (Phi) is 17.1. The first-order chi connectivity index (χ1) is 17.8. The summed E-state index contributed by atoms with van der Waals surface area (Å²) in [7, 11) is -4.32. The maximum Gasteiger partial charge on any atom is 1.00 e. The number of carboxylic acids is 1. The topological polar surface area (TPSA) is 136 Å². The molecule has 1 saturated heterocycles. The molecule has 3 rings (SSSR count). The molecular formula is C27H35Li2N2O6PS. The quantitative estimate of drug-likeness (QED) is 0.135. The van der Waals surface area contributed by atoms with Crippen LogP contribution in [0.4, 0.5) is 0 Å². The van der Waals surface area contributed by atoms with Gasteiger partial charge in [-0.25, -0.2) is 0 Å². The largest absolute Gasteiger partial charge is 1.00 e. The number of nitrogens with zero attached hydrogens (tertiary/aromatic N) is 1. The van der Waals surface area contributed by atoms with Crippen molar-refractivity contribution in [3.8, 4) is 0 Å². The summed E-state index contributed by atoms with van der Waals surface area (Å²) in [6.07, 6.45) is 1.83. The number of amides is 1. The molecule has 39 heavy (non-hydrogen) atoms. The summed E-state index contributed by atoms with van der Waals surface area (Å²) in [4.78, 5) is 40.3. The Bertz CT molecular complexity index is 1050. The van der Waals surface area contributed by atoms with Crippen LogP contribution in [0.3, 0.4) is 0 Å². The predicted octanol–water partition coefficient (Wildman–Crippen LogP) is -3.40. The number of nitrogens with two attached hydrogens (primary N) is 1. The van der Waals surface area contributed by atoms with Crippen LogP contribution < -0.4 is 53.5 Å². The smallest absolute Gasteiger partial charge is 0.778 e. The first-order valence-corrected chi connectivity index (χ1v) is 15.4. The van der Waals surface area contributed by atoms with Crippen LogP contribution in [0.2, 0.25) is 0 Å². The molecule has 12 heteroatoms. The molecule has 1 amide bonds. The third-order valence-electron chi connectivity index (χ3n) is 6.34. The van der Waals surface area contributed by atoms with E-state index in [2.05, 4.69) is 0 Å². The number of unbranched alkanes of at least 4 members (excludes halogenated alkanes) is 2. The molecule has 1 heterocycles. The number of likely N-dealkylation sites (tertiary alicyclic amines) is 1. The Morgan fingerprint density at radius 1 is 1.03 bits per heavy atom. The van der Waals surface area contributed by atoms with Crippen molar-refractivity contribution in [1.82, 2.24) is 4.90 Å². The maximum atomic E-state index is 13.5. The number of hydrogen-bond acceptors (Lipinski definition) is 8. The number of thioether (sulfide) groups is 1. The van der Waals surface area contributed by atoms with E-state index in [0.29, 0.717) is 32.2 Å². The molecule has 0 bridgehead atoms. The molecule has 1 aliphatic heterocycles. The van der Waals surface area contributed by atoms with Crippen LogP contribution in [-0.4, -0.2) is 53.4 Å². The molecule has 2 aromatic carbocycles. The van der Waals surface area contributed by atoms with Crippen molar-refractivity contribution in [1.29, 1.82) is 0 Å². The van der Waals surface area contributed by atoms with Crippen molar-refractivity contribution >= 4 is 31.2 Å². The maximum absolute atomic E-state index is 13.5. The van der Waals surface area contributed by atoms with E-state index in [1.807, 2.05) is 60.7 Å². The van der Waals surface area contributed by atoms with Gasteiger partial charge in [-0.3, -0.25) is 4.79 Å². The Morgan fingerprint density at radius 2 is 1.67 bits per heavy atom. The molecule has 1 aliphatic rings. The van der Waals surface area contributed by atoms with Gasteiger partial charge in [-0.1, -0.05) is 48.5 Å². The molecule has 0 aromatic heterocycles. The number of aryl methyl sites for hydroxylation is 1. The van der Waals surface area contributed by atoms with Crippen molar-refractivity contribution < 1.29 is 66.4 Å². The van der Waals surface area contributed by atoms with E-state index < -0.39 is 31.6 Å². The van der Waals surface area contributed by atoms with Crippen molar-refractivity contribution in [2.45, 2.75) is 67.2 Å². The number of carbonyl (C=O) groups is 2. The second-order valence-electron chi connectivity index (χ2n) is 9.27. The van der Waals surface area contributed by atoms with Gasteiger partial charge in [0.1, 0.15) is 13.7 Å². The van der Waals surface area contributed by atoms with E-state index in [9.17, 15) is 24.2 Å². The van der Waals surface area contributed by atoms with Gasteiger partial charge in [-0.15, -0.1) is 11.8 Å². The van der Waals surface area contributed by atoms with Crippen LogP contribution >= 0.6 is 19.4 Å². The Labute approximate surface area is 259 Å². The third-order valence-corrected chi connectivity index (χ3v) is 9.00. The van der Waals surface area contributed by atoms with Crippen LogP contribution in [0.5, 0.6) is 0 Å². The van der Waals surface area contributed by atoms with Gasteiger partial charge in [0, 0.05) is 22.9 Å². The molecule has 8 nitrogen and oxygen atoms in total. The summed E-state index contributed by atoms with van der Waals surface area (Å²) in [5, 5.41) is 11.7. The Hall–Kier alpha value is -0.965. The number of carbonyl (C=O) groups excluding carboxylic acids is 2. The van der Waals surface area contributed by atoms with E-state index in [-0.39, 0.29) is 68.5 Å². The molecule has 1 fully saturated rings. The molecule has 2 N–H and O–H groups in total. The average Bonchev–Trinajstić information content (AvgIpc) is 3.31. The molecule has 0 saturated carbocycles. The summed E-state index contributed by atoms with van der Waals surface area (Å²) >= 11 is 1.49. The van der Waals surface area contributed by atoms with E-state index in [1.54, 1.807) is 0 Å². The Morgan fingerprint density at radius 3 is 2.28 bits per heavy atom. The van der Waals surface area contributed by atoms with E-state index in [1.165, 1.54) is 16.7 Å². The van der Waals surface area contributed by atoms with Gasteiger partial charge in [-0.2, -0.15) is 0 Å². The van der Waals surface area contributed by atoms with Crippen molar-refractivity contribution in [3.63, 3.8) is 0 Å². The second-order valence-corrected chi connectivity index (χ2v) is 12.5. The van der Waals surface area contributed by atoms with Crippen LogP contribution in [0.1, 0.15) is 44.1 Å². The molecule has 1 unspecified atom stereocenters.